The summed E-state index contributed by atoms with van der Waals surface area (Å²) in [5.74, 6) is 1.64. The molecular weight excluding hydrogens is 234 g/mol. The average molecular weight is 267 g/mol. The van der Waals surface area contributed by atoms with Gasteiger partial charge in [0, 0.05) is 31.2 Å². The number of hydrogen-bond acceptors (Lipinski definition) is 3. The van der Waals surface area contributed by atoms with Crippen LogP contribution >= 0.6 is 0 Å². The molecule has 0 radical (unpaired) electrons. The summed E-state index contributed by atoms with van der Waals surface area (Å²) in [5, 5.41) is 0. The first-order valence-electron chi connectivity index (χ1n) is 8.12. The fourth-order valence-electron chi connectivity index (χ4n) is 4.83. The Morgan fingerprint density at radius 2 is 1.74 bits per heavy atom. The molecule has 1 aliphatic heterocycles. The Morgan fingerprint density at radius 3 is 2.32 bits per heavy atom. The minimum atomic E-state index is 0.266. The van der Waals surface area contributed by atoms with Crippen molar-refractivity contribution in [2.75, 3.05) is 33.2 Å². The smallest absolute Gasteiger partial charge is 0.0340 e. The lowest BCUT2D eigenvalue weighted by Crippen LogP contribution is -2.61. The van der Waals surface area contributed by atoms with Gasteiger partial charge in [0.15, 0.2) is 0 Å². The minimum absolute atomic E-state index is 0.266. The zero-order chi connectivity index (χ0) is 14.0. The number of rotatable bonds is 2. The van der Waals surface area contributed by atoms with E-state index in [2.05, 4.69) is 37.6 Å². The van der Waals surface area contributed by atoms with Gasteiger partial charge in [0.05, 0.1) is 0 Å². The van der Waals surface area contributed by atoms with E-state index in [1.807, 2.05) is 0 Å². The molecule has 1 heterocycles. The molecule has 0 bridgehead atoms. The second-order valence-electron chi connectivity index (χ2n) is 7.44. The van der Waals surface area contributed by atoms with E-state index in [0.717, 1.165) is 18.4 Å². The highest BCUT2D eigenvalue weighted by atomic mass is 15.3. The highest BCUT2D eigenvalue weighted by molar-refractivity contribution is 5.00. The van der Waals surface area contributed by atoms with E-state index >= 15 is 0 Å². The molecule has 1 saturated carbocycles. The Morgan fingerprint density at radius 1 is 1.11 bits per heavy atom. The molecule has 3 unspecified atom stereocenters. The van der Waals surface area contributed by atoms with Crippen LogP contribution in [0.4, 0.5) is 0 Å². The monoisotopic (exact) mass is 267 g/mol. The largest absolute Gasteiger partial charge is 0.329 e. The molecule has 1 aliphatic carbocycles. The summed E-state index contributed by atoms with van der Waals surface area (Å²) in [6, 6.07) is 0.633. The Balaban J connectivity index is 2.19. The number of nitrogens with two attached hydrogens (primary N) is 1. The van der Waals surface area contributed by atoms with Crippen LogP contribution in [0.1, 0.15) is 46.5 Å². The van der Waals surface area contributed by atoms with E-state index in [9.17, 15) is 0 Å². The van der Waals surface area contributed by atoms with Gasteiger partial charge in [-0.05, 0) is 58.0 Å². The summed E-state index contributed by atoms with van der Waals surface area (Å²) in [6.07, 6.45) is 5.25. The van der Waals surface area contributed by atoms with Crippen molar-refractivity contribution < 1.29 is 0 Å². The first kappa shape index (κ1) is 15.3. The first-order valence-corrected chi connectivity index (χ1v) is 8.12. The molecule has 19 heavy (non-hydrogen) atoms. The third-order valence-electron chi connectivity index (χ3n) is 5.30. The van der Waals surface area contributed by atoms with E-state index in [1.165, 1.54) is 45.3 Å². The maximum Gasteiger partial charge on any atom is 0.0340 e. The maximum atomic E-state index is 6.29. The summed E-state index contributed by atoms with van der Waals surface area (Å²) in [5.41, 5.74) is 6.55. The van der Waals surface area contributed by atoms with Gasteiger partial charge in [-0.1, -0.05) is 13.8 Å². The fourth-order valence-corrected chi connectivity index (χ4v) is 4.83. The van der Waals surface area contributed by atoms with Gasteiger partial charge in [0.25, 0.3) is 0 Å². The zero-order valence-corrected chi connectivity index (χ0v) is 13.4. The highest BCUT2D eigenvalue weighted by Gasteiger charge is 2.43. The van der Waals surface area contributed by atoms with Crippen LogP contribution < -0.4 is 5.73 Å². The molecule has 2 fully saturated rings. The molecule has 2 aliphatic rings. The molecule has 0 spiro atoms. The van der Waals surface area contributed by atoms with Gasteiger partial charge >= 0.3 is 0 Å². The molecule has 2 N–H and O–H groups in total. The van der Waals surface area contributed by atoms with Crippen LogP contribution in [0.2, 0.25) is 0 Å². The van der Waals surface area contributed by atoms with Gasteiger partial charge in [0.1, 0.15) is 0 Å². The average Bonchev–Trinajstić information content (AvgIpc) is 2.48. The van der Waals surface area contributed by atoms with E-state index in [0.29, 0.717) is 6.04 Å². The molecule has 0 aromatic rings. The van der Waals surface area contributed by atoms with E-state index in [4.69, 9.17) is 5.73 Å². The van der Waals surface area contributed by atoms with Crippen LogP contribution in [-0.2, 0) is 0 Å². The van der Waals surface area contributed by atoms with Gasteiger partial charge in [0.2, 0.25) is 0 Å². The lowest BCUT2D eigenvalue weighted by molar-refractivity contribution is -0.00437. The molecule has 0 aromatic heterocycles. The van der Waals surface area contributed by atoms with Crippen LogP contribution in [-0.4, -0.2) is 54.6 Å². The van der Waals surface area contributed by atoms with Crippen LogP contribution in [0.15, 0.2) is 0 Å². The second kappa shape index (κ2) is 6.11. The molecule has 112 valence electrons. The molecule has 2 rings (SSSR count). The Bertz CT molecular complexity index is 282. The van der Waals surface area contributed by atoms with Gasteiger partial charge in [-0.15, -0.1) is 0 Å². The van der Waals surface area contributed by atoms with Crippen LogP contribution in [0.25, 0.3) is 0 Å². The maximum absolute atomic E-state index is 6.29. The van der Waals surface area contributed by atoms with Crippen LogP contribution in [0, 0.1) is 11.8 Å². The van der Waals surface area contributed by atoms with Gasteiger partial charge in [-0.3, -0.25) is 4.90 Å². The van der Waals surface area contributed by atoms with Crippen LogP contribution in [0.5, 0.6) is 0 Å². The van der Waals surface area contributed by atoms with Gasteiger partial charge in [-0.25, -0.2) is 0 Å². The number of hydrogen-bond donors (Lipinski definition) is 1. The minimum Gasteiger partial charge on any atom is -0.329 e. The topological polar surface area (TPSA) is 32.5 Å². The lowest BCUT2D eigenvalue weighted by atomic mass is 9.70. The Kier molecular flexibility index (Phi) is 4.91. The van der Waals surface area contributed by atoms with Crippen molar-refractivity contribution >= 4 is 0 Å². The zero-order valence-electron chi connectivity index (χ0n) is 13.4. The number of likely N-dealkylation sites (N-methyl/N-ethyl adjacent to an activating group) is 1. The molecule has 3 nitrogen and oxygen atoms in total. The Labute approximate surface area is 119 Å². The third kappa shape index (κ3) is 3.32. The third-order valence-corrected chi connectivity index (χ3v) is 5.30. The van der Waals surface area contributed by atoms with Crippen molar-refractivity contribution in [2.45, 2.75) is 58.0 Å². The fraction of sp³-hybridized carbons (Fsp3) is 1.00. The Hall–Kier alpha value is -0.120. The van der Waals surface area contributed by atoms with Crippen molar-refractivity contribution in [1.29, 1.82) is 0 Å². The summed E-state index contributed by atoms with van der Waals surface area (Å²) in [4.78, 5) is 5.24. The summed E-state index contributed by atoms with van der Waals surface area (Å²) < 4.78 is 0. The van der Waals surface area contributed by atoms with Crippen molar-refractivity contribution in [2.24, 2.45) is 17.6 Å². The van der Waals surface area contributed by atoms with Crippen LogP contribution in [0.3, 0.4) is 0 Å². The van der Waals surface area contributed by atoms with Crippen molar-refractivity contribution in [3.05, 3.63) is 0 Å². The van der Waals surface area contributed by atoms with Gasteiger partial charge in [-0.2, -0.15) is 0 Å². The van der Waals surface area contributed by atoms with Gasteiger partial charge < -0.3 is 10.6 Å². The summed E-state index contributed by atoms with van der Waals surface area (Å²) in [6.45, 7) is 11.7. The predicted molar refractivity (Wildman–Crippen MR) is 82.2 cm³/mol. The quantitative estimate of drug-likeness (QED) is 0.832. The highest BCUT2D eigenvalue weighted by Crippen LogP contribution is 2.40. The second-order valence-corrected chi connectivity index (χ2v) is 7.44. The van der Waals surface area contributed by atoms with E-state index in [-0.39, 0.29) is 5.54 Å². The van der Waals surface area contributed by atoms with Crippen molar-refractivity contribution in [1.82, 2.24) is 9.80 Å². The normalized spacial score (nSPS) is 43.1. The summed E-state index contributed by atoms with van der Waals surface area (Å²) in [7, 11) is 2.25. The molecule has 1 saturated heterocycles. The molecule has 3 heteroatoms. The molecule has 3 atom stereocenters. The molecular formula is C16H33N3. The first-order chi connectivity index (χ1) is 8.97. The number of nitrogens with zero attached hydrogens (tertiary/aromatic N) is 2. The lowest BCUT2D eigenvalue weighted by Gasteiger charge is -2.51. The van der Waals surface area contributed by atoms with Crippen molar-refractivity contribution in [3.63, 3.8) is 0 Å². The van der Waals surface area contributed by atoms with E-state index in [1.54, 1.807) is 0 Å². The predicted octanol–water partition coefficient (Wildman–Crippen LogP) is 2.17. The molecule has 0 aromatic carbocycles. The molecule has 0 amide bonds. The van der Waals surface area contributed by atoms with Crippen molar-refractivity contribution in [3.8, 4) is 0 Å². The standard InChI is InChI=1S/C16H33N3/c1-13-8-14(2)10-16(9-13,12-17)19-7-5-6-18(4)11-15(19)3/h13-15H,5-12,17H2,1-4H3. The summed E-state index contributed by atoms with van der Waals surface area (Å²) >= 11 is 0. The van der Waals surface area contributed by atoms with E-state index < -0.39 is 0 Å². The SMILES string of the molecule is CC1CC(C)CC(CN)(N2CCCN(C)CC2C)C1.